The van der Waals surface area contributed by atoms with Crippen LogP contribution in [0.2, 0.25) is 5.15 Å². The monoisotopic (exact) mass is 264 g/mol. The molecular weight excluding hydrogens is 252 g/mol. The van der Waals surface area contributed by atoms with E-state index in [0.717, 1.165) is 5.56 Å². The molecule has 1 heterocycles. The maximum absolute atomic E-state index is 11.5. The summed E-state index contributed by atoms with van der Waals surface area (Å²) < 4.78 is 30.2. The van der Waals surface area contributed by atoms with Crippen LogP contribution in [0.1, 0.15) is 5.56 Å². The summed E-state index contributed by atoms with van der Waals surface area (Å²) in [6.07, 6.45) is 1.56. The Morgan fingerprint density at radius 2 is 2.25 bits per heavy atom. The highest BCUT2D eigenvalue weighted by Crippen LogP contribution is 2.20. The van der Waals surface area contributed by atoms with Gasteiger partial charge in [0.05, 0.1) is 18.0 Å². The number of pyridine rings is 1. The largest absolute Gasteiger partial charge is 0.384 e. The van der Waals surface area contributed by atoms with Crippen LogP contribution in [-0.4, -0.2) is 32.9 Å². The lowest BCUT2D eigenvalue weighted by atomic mass is 10.3. The highest BCUT2D eigenvalue weighted by molar-refractivity contribution is 7.92. The molecule has 1 aromatic heterocycles. The van der Waals surface area contributed by atoms with Gasteiger partial charge in [0.1, 0.15) is 0 Å². The van der Waals surface area contributed by atoms with Crippen molar-refractivity contribution in [2.75, 3.05) is 24.2 Å². The van der Waals surface area contributed by atoms with Gasteiger partial charge in [-0.2, -0.15) is 0 Å². The molecule has 0 radical (unpaired) electrons. The summed E-state index contributed by atoms with van der Waals surface area (Å²) >= 11 is 5.77. The summed E-state index contributed by atoms with van der Waals surface area (Å²) in [4.78, 5) is 3.85. The molecule has 0 aliphatic heterocycles. The Morgan fingerprint density at radius 1 is 1.56 bits per heavy atom. The van der Waals surface area contributed by atoms with Crippen molar-refractivity contribution in [1.29, 1.82) is 0 Å². The summed E-state index contributed by atoms with van der Waals surface area (Å²) in [5, 5.41) is 0.131. The lowest BCUT2D eigenvalue weighted by molar-refractivity contribution is 0.217. The van der Waals surface area contributed by atoms with E-state index in [2.05, 4.69) is 9.71 Å². The predicted molar refractivity (Wildman–Crippen MR) is 63.3 cm³/mol. The molecule has 0 aliphatic rings. The first-order chi connectivity index (χ1) is 7.44. The number of ether oxygens (including phenoxy) is 1. The number of rotatable bonds is 5. The Kier molecular flexibility index (Phi) is 4.52. The fourth-order valence-corrected chi connectivity index (χ4v) is 2.22. The van der Waals surface area contributed by atoms with Crippen LogP contribution in [-0.2, 0) is 14.8 Å². The first-order valence-electron chi connectivity index (χ1n) is 4.56. The third-order valence-corrected chi connectivity index (χ3v) is 3.33. The second kappa shape index (κ2) is 5.47. The number of hydrogen-bond acceptors (Lipinski definition) is 4. The highest BCUT2D eigenvalue weighted by atomic mass is 35.5. The molecule has 0 fully saturated rings. The Bertz CT molecular complexity index is 462. The number of nitrogens with zero attached hydrogens (tertiary/aromatic N) is 1. The quantitative estimate of drug-likeness (QED) is 0.817. The van der Waals surface area contributed by atoms with E-state index in [4.69, 9.17) is 16.3 Å². The van der Waals surface area contributed by atoms with E-state index in [9.17, 15) is 8.42 Å². The van der Waals surface area contributed by atoms with Crippen LogP contribution in [0.3, 0.4) is 0 Å². The van der Waals surface area contributed by atoms with Gasteiger partial charge in [0.15, 0.2) is 5.15 Å². The van der Waals surface area contributed by atoms with Crippen molar-refractivity contribution < 1.29 is 13.2 Å². The van der Waals surface area contributed by atoms with Crippen molar-refractivity contribution in [1.82, 2.24) is 4.98 Å². The van der Waals surface area contributed by atoms with Gasteiger partial charge in [-0.15, -0.1) is 0 Å². The van der Waals surface area contributed by atoms with E-state index < -0.39 is 10.0 Å². The lowest BCUT2D eigenvalue weighted by Gasteiger charge is -2.09. The van der Waals surface area contributed by atoms with Crippen LogP contribution in [0.5, 0.6) is 0 Å². The molecule has 0 aliphatic carbocycles. The van der Waals surface area contributed by atoms with E-state index in [1.807, 2.05) is 0 Å². The van der Waals surface area contributed by atoms with Gasteiger partial charge in [-0.3, -0.25) is 4.72 Å². The van der Waals surface area contributed by atoms with Crippen LogP contribution in [0.4, 0.5) is 5.69 Å². The standard InChI is InChI=1S/C9H13ClN2O3S/c1-7-5-8(9(10)11-6-7)12-16(13,14)4-3-15-2/h5-6,12H,3-4H2,1-2H3. The zero-order valence-corrected chi connectivity index (χ0v) is 10.6. The predicted octanol–water partition coefficient (Wildman–Crippen LogP) is 1.43. The van der Waals surface area contributed by atoms with Gasteiger partial charge < -0.3 is 4.74 Å². The molecule has 0 bridgehead atoms. The minimum atomic E-state index is -3.44. The molecular formula is C9H13ClN2O3S. The number of aromatic nitrogens is 1. The van der Waals surface area contributed by atoms with Gasteiger partial charge in [0, 0.05) is 13.3 Å². The average molecular weight is 265 g/mol. The van der Waals surface area contributed by atoms with Gasteiger partial charge in [0.25, 0.3) is 0 Å². The van der Waals surface area contributed by atoms with Gasteiger partial charge in [-0.05, 0) is 18.6 Å². The second-order valence-electron chi connectivity index (χ2n) is 3.26. The fraction of sp³-hybridized carbons (Fsp3) is 0.444. The van der Waals surface area contributed by atoms with Crippen LogP contribution in [0.15, 0.2) is 12.3 Å². The number of halogens is 1. The Morgan fingerprint density at radius 3 is 2.88 bits per heavy atom. The molecule has 1 rings (SSSR count). The number of sulfonamides is 1. The molecule has 0 amide bonds. The molecule has 0 saturated heterocycles. The van der Waals surface area contributed by atoms with Crippen molar-refractivity contribution in [2.45, 2.75) is 6.92 Å². The molecule has 5 nitrogen and oxygen atoms in total. The van der Waals surface area contributed by atoms with Gasteiger partial charge >= 0.3 is 0 Å². The third kappa shape index (κ3) is 3.96. The van der Waals surface area contributed by atoms with Crippen LogP contribution in [0.25, 0.3) is 0 Å². The molecule has 7 heteroatoms. The molecule has 1 N–H and O–H groups in total. The molecule has 0 atom stereocenters. The van der Waals surface area contributed by atoms with E-state index >= 15 is 0 Å². The number of nitrogens with one attached hydrogen (secondary N) is 1. The van der Waals surface area contributed by atoms with Crippen molar-refractivity contribution in [2.24, 2.45) is 0 Å². The summed E-state index contributed by atoms with van der Waals surface area (Å²) in [5.41, 5.74) is 1.12. The van der Waals surface area contributed by atoms with Crippen molar-refractivity contribution in [3.05, 3.63) is 23.0 Å². The minimum absolute atomic E-state index is 0.117. The first-order valence-corrected chi connectivity index (χ1v) is 6.59. The van der Waals surface area contributed by atoms with Crippen molar-refractivity contribution in [3.8, 4) is 0 Å². The molecule has 0 unspecified atom stereocenters. The van der Waals surface area contributed by atoms with Crippen molar-refractivity contribution in [3.63, 3.8) is 0 Å². The molecule has 0 spiro atoms. The maximum Gasteiger partial charge on any atom is 0.235 e. The fourth-order valence-electron chi connectivity index (χ4n) is 1.04. The zero-order chi connectivity index (χ0) is 12.2. The molecule has 1 aromatic rings. The molecule has 0 saturated carbocycles. The Hall–Kier alpha value is -0.850. The highest BCUT2D eigenvalue weighted by Gasteiger charge is 2.12. The smallest absolute Gasteiger partial charge is 0.235 e. The third-order valence-electron chi connectivity index (χ3n) is 1.80. The van der Waals surface area contributed by atoms with E-state index in [0.29, 0.717) is 0 Å². The SMILES string of the molecule is COCCS(=O)(=O)Nc1cc(C)cnc1Cl. The van der Waals surface area contributed by atoms with Crippen LogP contribution < -0.4 is 4.72 Å². The lowest BCUT2D eigenvalue weighted by Crippen LogP contribution is -2.20. The number of methoxy groups -OCH3 is 1. The maximum atomic E-state index is 11.5. The summed E-state index contributed by atoms with van der Waals surface area (Å²) in [5.74, 6) is -0.117. The summed E-state index contributed by atoms with van der Waals surface area (Å²) in [6, 6.07) is 1.62. The Balaban J connectivity index is 2.83. The number of aryl methyl sites for hydroxylation is 1. The van der Waals surface area contributed by atoms with Crippen molar-refractivity contribution >= 4 is 27.3 Å². The topological polar surface area (TPSA) is 68.3 Å². The zero-order valence-electron chi connectivity index (χ0n) is 9.03. The van der Waals surface area contributed by atoms with E-state index in [1.54, 1.807) is 19.2 Å². The minimum Gasteiger partial charge on any atom is -0.384 e. The van der Waals surface area contributed by atoms with Gasteiger partial charge in [-0.25, -0.2) is 13.4 Å². The number of hydrogen-bond donors (Lipinski definition) is 1. The molecule has 90 valence electrons. The molecule has 0 aromatic carbocycles. The Labute approximate surface area is 99.8 Å². The van der Waals surface area contributed by atoms with Gasteiger partial charge in [-0.1, -0.05) is 11.6 Å². The van der Waals surface area contributed by atoms with Gasteiger partial charge in [0.2, 0.25) is 10.0 Å². The first kappa shape index (κ1) is 13.2. The molecule has 16 heavy (non-hydrogen) atoms. The van der Waals surface area contributed by atoms with E-state index in [-0.39, 0.29) is 23.2 Å². The number of anilines is 1. The normalized spacial score (nSPS) is 11.4. The summed E-state index contributed by atoms with van der Waals surface area (Å²) in [6.45, 7) is 1.93. The van der Waals surface area contributed by atoms with E-state index in [1.165, 1.54) is 7.11 Å². The van der Waals surface area contributed by atoms with Crippen LogP contribution in [0, 0.1) is 6.92 Å². The second-order valence-corrected chi connectivity index (χ2v) is 5.46. The van der Waals surface area contributed by atoms with Crippen LogP contribution >= 0.6 is 11.6 Å². The average Bonchev–Trinajstić information content (AvgIpc) is 2.20. The summed E-state index contributed by atoms with van der Waals surface area (Å²) in [7, 11) is -1.99.